The van der Waals surface area contributed by atoms with Crippen LogP contribution >= 0.6 is 0 Å². The van der Waals surface area contributed by atoms with E-state index in [1.165, 1.54) is 102 Å². The molecule has 0 saturated heterocycles. The Balaban J connectivity index is 4.20. The zero-order chi connectivity index (χ0) is 29.9. The minimum atomic E-state index is -4.42. The monoisotopic (exact) mass is 589 g/mol. The van der Waals surface area contributed by atoms with E-state index in [-0.39, 0.29) is 6.42 Å². The molecule has 0 saturated carbocycles. The molecule has 0 aliphatic carbocycles. The van der Waals surface area contributed by atoms with Crippen LogP contribution < -0.4 is 5.32 Å². The van der Waals surface area contributed by atoms with Gasteiger partial charge in [-0.15, -0.1) is 0 Å². The van der Waals surface area contributed by atoms with Crippen LogP contribution in [0.15, 0.2) is 12.2 Å². The minimum Gasteiger partial charge on any atom is -0.387 e. The molecule has 0 aromatic rings. The summed E-state index contributed by atoms with van der Waals surface area (Å²) in [6.07, 6.45) is 27.0. The van der Waals surface area contributed by atoms with E-state index in [9.17, 15) is 28.0 Å². The molecule has 0 radical (unpaired) electrons. The molecule has 3 atom stereocenters. The lowest BCUT2D eigenvalue weighted by atomic mass is 10.0. The zero-order valence-electron chi connectivity index (χ0n) is 25.8. The average molecular weight is 590 g/mol. The van der Waals surface area contributed by atoms with Gasteiger partial charge in [-0.1, -0.05) is 154 Å². The smallest absolute Gasteiger partial charge is 0.267 e. The van der Waals surface area contributed by atoms with E-state index in [4.69, 9.17) is 0 Å². The summed E-state index contributed by atoms with van der Waals surface area (Å²) in [6, 6.07) is -1.22. The van der Waals surface area contributed by atoms with Crippen molar-refractivity contribution in [2.24, 2.45) is 0 Å². The maximum Gasteiger partial charge on any atom is 0.267 e. The molecule has 0 heterocycles. The number of aliphatic hydroxyl groups excluding tert-OH is 2. The van der Waals surface area contributed by atoms with Gasteiger partial charge in [0, 0.05) is 0 Å². The largest absolute Gasteiger partial charge is 0.387 e. The topological polar surface area (TPSA) is 124 Å². The van der Waals surface area contributed by atoms with Gasteiger partial charge >= 0.3 is 0 Å². The molecule has 0 rings (SSSR count). The van der Waals surface area contributed by atoms with Gasteiger partial charge in [-0.05, 0) is 19.3 Å². The SMILES string of the molecule is CCCCCCCCCCCC/C=C/C(O)C(CS(=O)(=O)O)NC(=O)C(O)CCCCCCCCCCCCC. The van der Waals surface area contributed by atoms with Gasteiger partial charge in [-0.2, -0.15) is 8.42 Å². The summed E-state index contributed by atoms with van der Waals surface area (Å²) in [6.45, 7) is 4.45. The van der Waals surface area contributed by atoms with E-state index in [1.807, 2.05) is 0 Å². The fourth-order valence-electron chi connectivity index (χ4n) is 4.98. The van der Waals surface area contributed by atoms with E-state index in [1.54, 1.807) is 6.08 Å². The Morgan fingerprint density at radius 3 is 1.50 bits per heavy atom. The van der Waals surface area contributed by atoms with Crippen LogP contribution in [0.5, 0.6) is 0 Å². The first kappa shape index (κ1) is 39.0. The Labute approximate surface area is 246 Å². The molecule has 3 unspecified atom stereocenters. The lowest BCUT2D eigenvalue weighted by molar-refractivity contribution is -0.130. The molecule has 7 nitrogen and oxygen atoms in total. The highest BCUT2D eigenvalue weighted by atomic mass is 32.2. The zero-order valence-corrected chi connectivity index (χ0v) is 26.6. The van der Waals surface area contributed by atoms with Gasteiger partial charge in [-0.25, -0.2) is 0 Å². The summed E-state index contributed by atoms with van der Waals surface area (Å²) in [5.41, 5.74) is 0. The number of allylic oxidation sites excluding steroid dienone is 1. The van der Waals surface area contributed by atoms with E-state index >= 15 is 0 Å². The number of unbranched alkanes of at least 4 members (excludes halogenated alkanes) is 20. The summed E-state index contributed by atoms with van der Waals surface area (Å²) < 4.78 is 32.2. The standard InChI is InChI=1S/C32H63NO6S/c1-3-5-7-9-11-13-15-17-18-20-22-24-26-30(34)29(28-40(37,38)39)33-32(36)31(35)27-25-23-21-19-16-14-12-10-8-6-4-2/h24,26,29-31,34-35H,3-23,25,27-28H2,1-2H3,(H,33,36)(H,37,38,39)/b26-24+. The van der Waals surface area contributed by atoms with Crippen molar-refractivity contribution in [3.63, 3.8) is 0 Å². The summed E-state index contributed by atoms with van der Waals surface area (Å²) in [7, 11) is -4.42. The van der Waals surface area contributed by atoms with Crippen molar-refractivity contribution in [1.29, 1.82) is 0 Å². The predicted molar refractivity (Wildman–Crippen MR) is 167 cm³/mol. The maximum absolute atomic E-state index is 12.5. The molecule has 0 aromatic heterocycles. The molecular weight excluding hydrogens is 526 g/mol. The maximum atomic E-state index is 12.5. The van der Waals surface area contributed by atoms with Crippen molar-refractivity contribution in [3.8, 4) is 0 Å². The Morgan fingerprint density at radius 2 is 1.07 bits per heavy atom. The van der Waals surface area contributed by atoms with Crippen molar-refractivity contribution in [3.05, 3.63) is 12.2 Å². The molecule has 0 bridgehead atoms. The highest BCUT2D eigenvalue weighted by Gasteiger charge is 2.27. The summed E-state index contributed by atoms with van der Waals surface area (Å²) >= 11 is 0. The lowest BCUT2D eigenvalue weighted by Gasteiger charge is -2.22. The normalized spacial score (nSPS) is 14.4. The second-order valence-corrected chi connectivity index (χ2v) is 13.1. The Hall–Kier alpha value is -0.960. The summed E-state index contributed by atoms with van der Waals surface area (Å²) in [5, 5.41) is 23.2. The number of carbonyl (C=O) groups is 1. The molecular formula is C32H63NO6S. The number of carbonyl (C=O) groups excluding carboxylic acids is 1. The first-order valence-corrected chi connectivity index (χ1v) is 18.1. The van der Waals surface area contributed by atoms with Gasteiger partial charge in [0.2, 0.25) is 5.91 Å². The van der Waals surface area contributed by atoms with Crippen molar-refractivity contribution in [1.82, 2.24) is 5.32 Å². The van der Waals surface area contributed by atoms with Crippen LogP contribution in [0.3, 0.4) is 0 Å². The number of amides is 1. The quantitative estimate of drug-likeness (QED) is 0.0404. The molecule has 0 aromatic carbocycles. The van der Waals surface area contributed by atoms with E-state index < -0.39 is 40.0 Å². The number of hydrogen-bond acceptors (Lipinski definition) is 5. The highest BCUT2D eigenvalue weighted by Crippen LogP contribution is 2.14. The first-order chi connectivity index (χ1) is 19.2. The van der Waals surface area contributed by atoms with Gasteiger partial charge in [0.25, 0.3) is 10.1 Å². The van der Waals surface area contributed by atoms with Crippen molar-refractivity contribution < 1.29 is 28.0 Å². The van der Waals surface area contributed by atoms with E-state index in [2.05, 4.69) is 19.2 Å². The Bertz CT molecular complexity index is 712. The molecule has 238 valence electrons. The highest BCUT2D eigenvalue weighted by molar-refractivity contribution is 7.85. The molecule has 4 N–H and O–H groups in total. The lowest BCUT2D eigenvalue weighted by Crippen LogP contribution is -2.50. The summed E-state index contributed by atoms with van der Waals surface area (Å²) in [5.74, 6) is -1.53. The number of hydrogen-bond donors (Lipinski definition) is 4. The van der Waals surface area contributed by atoms with Crippen LogP contribution in [0.4, 0.5) is 0 Å². The van der Waals surface area contributed by atoms with Gasteiger partial charge in [0.15, 0.2) is 0 Å². The second kappa shape index (κ2) is 26.9. The summed E-state index contributed by atoms with van der Waals surface area (Å²) in [4.78, 5) is 12.5. The molecule has 1 amide bonds. The van der Waals surface area contributed by atoms with Crippen molar-refractivity contribution in [2.45, 2.75) is 180 Å². The van der Waals surface area contributed by atoms with Crippen LogP contribution in [0, 0.1) is 0 Å². The Morgan fingerprint density at radius 1 is 0.675 bits per heavy atom. The third-order valence-electron chi connectivity index (χ3n) is 7.57. The van der Waals surface area contributed by atoms with Crippen LogP contribution in [-0.4, -0.2) is 53.1 Å². The first-order valence-electron chi connectivity index (χ1n) is 16.5. The van der Waals surface area contributed by atoms with Crippen LogP contribution in [0.1, 0.15) is 162 Å². The third-order valence-corrected chi connectivity index (χ3v) is 8.35. The van der Waals surface area contributed by atoms with Gasteiger partial charge < -0.3 is 15.5 Å². The van der Waals surface area contributed by atoms with Gasteiger partial charge in [-0.3, -0.25) is 9.35 Å². The van der Waals surface area contributed by atoms with Crippen molar-refractivity contribution in [2.75, 3.05) is 5.75 Å². The molecule has 0 spiro atoms. The third kappa shape index (κ3) is 26.0. The van der Waals surface area contributed by atoms with Crippen LogP contribution in [0.2, 0.25) is 0 Å². The second-order valence-electron chi connectivity index (χ2n) is 11.6. The minimum absolute atomic E-state index is 0.284. The molecule has 0 fully saturated rings. The molecule has 0 aliphatic heterocycles. The molecule has 0 aliphatic rings. The average Bonchev–Trinajstić information content (AvgIpc) is 2.90. The number of rotatable bonds is 29. The van der Waals surface area contributed by atoms with E-state index in [0.717, 1.165) is 38.5 Å². The fraction of sp³-hybridized carbons (Fsp3) is 0.906. The number of nitrogens with one attached hydrogen (secondary N) is 1. The molecule has 40 heavy (non-hydrogen) atoms. The molecule has 8 heteroatoms. The van der Waals surface area contributed by atoms with E-state index in [0.29, 0.717) is 6.42 Å². The Kier molecular flexibility index (Phi) is 26.3. The van der Waals surface area contributed by atoms with Gasteiger partial charge in [0.05, 0.1) is 17.9 Å². The number of aliphatic hydroxyl groups is 2. The van der Waals surface area contributed by atoms with Crippen molar-refractivity contribution >= 4 is 16.0 Å². The predicted octanol–water partition coefficient (Wildman–Crippen LogP) is 7.65. The van der Waals surface area contributed by atoms with Crippen LogP contribution in [-0.2, 0) is 14.9 Å². The van der Waals surface area contributed by atoms with Gasteiger partial charge in [0.1, 0.15) is 6.10 Å². The fourth-order valence-corrected chi connectivity index (χ4v) is 5.72. The van der Waals surface area contributed by atoms with Crippen LogP contribution in [0.25, 0.3) is 0 Å².